The number of ether oxygens (including phenoxy) is 1. The van der Waals surface area contributed by atoms with Crippen molar-refractivity contribution in [3.05, 3.63) is 29.8 Å². The predicted molar refractivity (Wildman–Crippen MR) is 77.4 cm³/mol. The van der Waals surface area contributed by atoms with E-state index < -0.39 is 0 Å². The summed E-state index contributed by atoms with van der Waals surface area (Å²) in [6.45, 7) is 6.58. The normalized spacial score (nSPS) is 12.3. The van der Waals surface area contributed by atoms with E-state index in [1.165, 1.54) is 5.56 Å². The molecule has 1 amide bonds. The van der Waals surface area contributed by atoms with E-state index in [0.29, 0.717) is 0 Å². The number of nitrogens with one attached hydrogen (secondary N) is 2. The van der Waals surface area contributed by atoms with Crippen molar-refractivity contribution in [2.24, 2.45) is 0 Å². The third-order valence-electron chi connectivity index (χ3n) is 2.85. The minimum absolute atomic E-state index is 0.0460. The van der Waals surface area contributed by atoms with Crippen LogP contribution in [0, 0.1) is 0 Å². The average Bonchev–Trinajstić information content (AvgIpc) is 2.38. The molecule has 1 aromatic rings. The van der Waals surface area contributed by atoms with Crippen LogP contribution in [-0.2, 0) is 11.2 Å². The molecule has 0 aliphatic heterocycles. The molecule has 0 radical (unpaired) electrons. The van der Waals surface area contributed by atoms with E-state index >= 15 is 0 Å². The standard InChI is InChI=1S/C15H24N2O2/c1-11(2)17-15(18)12(3)16-10-9-13-5-7-14(19-4)8-6-13/h5-8,11-12,16H,9-10H2,1-4H3,(H,17,18). The molecule has 4 heteroatoms. The third-order valence-corrected chi connectivity index (χ3v) is 2.85. The zero-order valence-corrected chi connectivity index (χ0v) is 12.2. The monoisotopic (exact) mass is 264 g/mol. The van der Waals surface area contributed by atoms with E-state index in [9.17, 15) is 4.79 Å². The topological polar surface area (TPSA) is 50.4 Å². The molecule has 1 atom stereocenters. The Balaban J connectivity index is 2.30. The van der Waals surface area contributed by atoms with Crippen LogP contribution >= 0.6 is 0 Å². The average molecular weight is 264 g/mol. The van der Waals surface area contributed by atoms with Crippen molar-refractivity contribution in [1.29, 1.82) is 0 Å². The summed E-state index contributed by atoms with van der Waals surface area (Å²) in [6.07, 6.45) is 0.892. The summed E-state index contributed by atoms with van der Waals surface area (Å²) in [6, 6.07) is 7.99. The first kappa shape index (κ1) is 15.5. The van der Waals surface area contributed by atoms with Gasteiger partial charge in [0.1, 0.15) is 5.75 Å². The molecule has 0 fully saturated rings. The maximum Gasteiger partial charge on any atom is 0.237 e. The Hall–Kier alpha value is -1.55. The summed E-state index contributed by atoms with van der Waals surface area (Å²) >= 11 is 0. The van der Waals surface area contributed by atoms with Crippen LogP contribution in [0.3, 0.4) is 0 Å². The molecule has 0 heterocycles. The summed E-state index contributed by atoms with van der Waals surface area (Å²) in [5.41, 5.74) is 1.23. The fourth-order valence-corrected chi connectivity index (χ4v) is 1.73. The van der Waals surface area contributed by atoms with E-state index in [4.69, 9.17) is 4.74 Å². The lowest BCUT2D eigenvalue weighted by Gasteiger charge is -2.16. The lowest BCUT2D eigenvalue weighted by Crippen LogP contribution is -2.45. The number of amides is 1. The molecule has 0 aliphatic carbocycles. The second-order valence-corrected chi connectivity index (χ2v) is 4.94. The largest absolute Gasteiger partial charge is 0.497 e. The van der Waals surface area contributed by atoms with Crippen molar-refractivity contribution in [2.45, 2.75) is 39.3 Å². The molecule has 2 N–H and O–H groups in total. The van der Waals surface area contributed by atoms with Gasteiger partial charge in [0.2, 0.25) is 5.91 Å². The van der Waals surface area contributed by atoms with Gasteiger partial charge in [0, 0.05) is 6.04 Å². The molecule has 0 bridgehead atoms. The fraction of sp³-hybridized carbons (Fsp3) is 0.533. The molecule has 19 heavy (non-hydrogen) atoms. The molecule has 1 aromatic carbocycles. The summed E-state index contributed by atoms with van der Waals surface area (Å²) in [7, 11) is 1.66. The number of methoxy groups -OCH3 is 1. The molecule has 0 aromatic heterocycles. The Morgan fingerprint density at radius 3 is 2.37 bits per heavy atom. The quantitative estimate of drug-likeness (QED) is 0.788. The van der Waals surface area contributed by atoms with Crippen molar-refractivity contribution in [2.75, 3.05) is 13.7 Å². The maximum absolute atomic E-state index is 11.7. The Bertz CT molecular complexity index is 388. The van der Waals surface area contributed by atoms with Gasteiger partial charge >= 0.3 is 0 Å². The number of carbonyl (C=O) groups is 1. The van der Waals surface area contributed by atoms with Gasteiger partial charge in [0.25, 0.3) is 0 Å². The Morgan fingerprint density at radius 2 is 1.84 bits per heavy atom. The van der Waals surface area contributed by atoms with Gasteiger partial charge in [-0.3, -0.25) is 4.79 Å². The van der Waals surface area contributed by atoms with Crippen molar-refractivity contribution in [3.63, 3.8) is 0 Å². The minimum Gasteiger partial charge on any atom is -0.497 e. The van der Waals surface area contributed by atoms with Crippen LogP contribution in [0.25, 0.3) is 0 Å². The van der Waals surface area contributed by atoms with Crippen molar-refractivity contribution < 1.29 is 9.53 Å². The molecule has 4 nitrogen and oxygen atoms in total. The SMILES string of the molecule is COc1ccc(CCNC(C)C(=O)NC(C)C)cc1. The lowest BCUT2D eigenvalue weighted by atomic mass is 10.1. The molecule has 0 saturated heterocycles. The zero-order valence-electron chi connectivity index (χ0n) is 12.2. The number of benzene rings is 1. The molecule has 1 unspecified atom stereocenters. The molecular weight excluding hydrogens is 240 g/mol. The van der Waals surface area contributed by atoms with Gasteiger partial charge in [-0.1, -0.05) is 12.1 Å². The first-order valence-electron chi connectivity index (χ1n) is 6.69. The molecular formula is C15H24N2O2. The van der Waals surface area contributed by atoms with Crippen LogP contribution in [0.2, 0.25) is 0 Å². The van der Waals surface area contributed by atoms with Crippen molar-refractivity contribution in [1.82, 2.24) is 10.6 Å². The first-order valence-corrected chi connectivity index (χ1v) is 6.69. The number of hydrogen-bond acceptors (Lipinski definition) is 3. The molecule has 0 saturated carbocycles. The summed E-state index contributed by atoms with van der Waals surface area (Å²) in [4.78, 5) is 11.7. The Labute approximate surface area is 115 Å². The van der Waals surface area contributed by atoms with Gasteiger partial charge in [-0.05, 0) is 51.4 Å². The highest BCUT2D eigenvalue weighted by atomic mass is 16.5. The van der Waals surface area contributed by atoms with Crippen molar-refractivity contribution >= 4 is 5.91 Å². The number of carbonyl (C=O) groups excluding carboxylic acids is 1. The van der Waals surface area contributed by atoms with Crippen LogP contribution in [0.1, 0.15) is 26.3 Å². The Kier molecular flexibility index (Phi) is 6.36. The van der Waals surface area contributed by atoms with Gasteiger partial charge in [-0.2, -0.15) is 0 Å². The van der Waals surface area contributed by atoms with Gasteiger partial charge in [0.05, 0.1) is 13.2 Å². The van der Waals surface area contributed by atoms with Gasteiger partial charge in [-0.15, -0.1) is 0 Å². The van der Waals surface area contributed by atoms with Crippen LogP contribution in [0.15, 0.2) is 24.3 Å². The minimum atomic E-state index is -0.166. The first-order chi connectivity index (χ1) is 9.02. The summed E-state index contributed by atoms with van der Waals surface area (Å²) < 4.78 is 5.11. The predicted octanol–water partition coefficient (Wildman–Crippen LogP) is 1.74. The van der Waals surface area contributed by atoms with E-state index in [2.05, 4.69) is 10.6 Å². The van der Waals surface area contributed by atoms with Gasteiger partial charge < -0.3 is 15.4 Å². The molecule has 106 valence electrons. The van der Waals surface area contributed by atoms with Crippen LogP contribution in [0.4, 0.5) is 0 Å². The van der Waals surface area contributed by atoms with E-state index in [0.717, 1.165) is 18.7 Å². The number of hydrogen-bond donors (Lipinski definition) is 2. The highest BCUT2D eigenvalue weighted by Crippen LogP contribution is 2.11. The second-order valence-electron chi connectivity index (χ2n) is 4.94. The smallest absolute Gasteiger partial charge is 0.237 e. The molecule has 0 aliphatic rings. The summed E-state index contributed by atoms with van der Waals surface area (Å²) in [5, 5.41) is 6.11. The van der Waals surface area contributed by atoms with Gasteiger partial charge in [-0.25, -0.2) is 0 Å². The third kappa shape index (κ3) is 5.75. The van der Waals surface area contributed by atoms with E-state index in [1.54, 1.807) is 7.11 Å². The fourth-order valence-electron chi connectivity index (χ4n) is 1.73. The highest BCUT2D eigenvalue weighted by molar-refractivity contribution is 5.81. The molecule has 1 rings (SSSR count). The Morgan fingerprint density at radius 1 is 1.21 bits per heavy atom. The number of rotatable bonds is 7. The summed E-state index contributed by atoms with van der Waals surface area (Å²) in [5.74, 6) is 0.908. The van der Waals surface area contributed by atoms with E-state index in [-0.39, 0.29) is 18.0 Å². The van der Waals surface area contributed by atoms with E-state index in [1.807, 2.05) is 45.0 Å². The van der Waals surface area contributed by atoms with Crippen LogP contribution < -0.4 is 15.4 Å². The zero-order chi connectivity index (χ0) is 14.3. The highest BCUT2D eigenvalue weighted by Gasteiger charge is 2.12. The van der Waals surface area contributed by atoms with Gasteiger partial charge in [0.15, 0.2) is 0 Å². The van der Waals surface area contributed by atoms with Crippen LogP contribution in [0.5, 0.6) is 5.75 Å². The maximum atomic E-state index is 11.7. The molecule has 0 spiro atoms. The van der Waals surface area contributed by atoms with Crippen LogP contribution in [-0.4, -0.2) is 31.6 Å². The second kappa shape index (κ2) is 7.79. The van der Waals surface area contributed by atoms with Crippen molar-refractivity contribution in [3.8, 4) is 5.75 Å². The lowest BCUT2D eigenvalue weighted by molar-refractivity contribution is -0.123.